The topological polar surface area (TPSA) is 119 Å². The standard InChI is InChI=1S/C21H19N7O3S/c1-26(2)17-11-12-18(15-8-4-3-7-14(15)17)27-21(23-24-25-27)32-13-20(29)22-16-9-5-6-10-19(16)28(30)31/h3-12H,13H2,1-2H3,(H,22,29). The van der Waals surface area contributed by atoms with Crippen molar-refractivity contribution in [2.24, 2.45) is 0 Å². The zero-order chi connectivity index (χ0) is 22.7. The highest BCUT2D eigenvalue weighted by atomic mass is 32.2. The van der Waals surface area contributed by atoms with Crippen LogP contribution in [0.2, 0.25) is 0 Å². The zero-order valence-corrected chi connectivity index (χ0v) is 18.1. The van der Waals surface area contributed by atoms with Crippen molar-refractivity contribution in [3.63, 3.8) is 0 Å². The van der Waals surface area contributed by atoms with Crippen molar-refractivity contribution >= 4 is 45.5 Å². The summed E-state index contributed by atoms with van der Waals surface area (Å²) in [7, 11) is 3.96. The fourth-order valence-corrected chi connectivity index (χ4v) is 4.00. The number of thioether (sulfide) groups is 1. The van der Waals surface area contributed by atoms with Gasteiger partial charge in [0.1, 0.15) is 5.69 Å². The Morgan fingerprint density at radius 1 is 1.09 bits per heavy atom. The van der Waals surface area contributed by atoms with Gasteiger partial charge in [-0.25, -0.2) is 0 Å². The minimum Gasteiger partial charge on any atom is -0.377 e. The van der Waals surface area contributed by atoms with Crippen LogP contribution < -0.4 is 10.2 Å². The van der Waals surface area contributed by atoms with Gasteiger partial charge >= 0.3 is 0 Å². The molecule has 4 rings (SSSR count). The predicted molar refractivity (Wildman–Crippen MR) is 123 cm³/mol. The van der Waals surface area contributed by atoms with E-state index in [9.17, 15) is 14.9 Å². The van der Waals surface area contributed by atoms with Crippen molar-refractivity contribution in [3.8, 4) is 5.69 Å². The number of nitrogens with zero attached hydrogens (tertiary/aromatic N) is 6. The number of benzene rings is 3. The lowest BCUT2D eigenvalue weighted by Gasteiger charge is -2.17. The number of nitrogens with one attached hydrogen (secondary N) is 1. The molecule has 0 saturated heterocycles. The summed E-state index contributed by atoms with van der Waals surface area (Å²) in [6.45, 7) is 0. The number of fused-ring (bicyclic) bond motifs is 1. The molecule has 0 aliphatic carbocycles. The van der Waals surface area contributed by atoms with Gasteiger partial charge in [-0.3, -0.25) is 14.9 Å². The number of rotatable bonds is 7. The van der Waals surface area contributed by atoms with Crippen LogP contribution in [0.25, 0.3) is 16.5 Å². The Bertz CT molecular complexity index is 1310. The van der Waals surface area contributed by atoms with Crippen molar-refractivity contribution in [1.82, 2.24) is 20.2 Å². The van der Waals surface area contributed by atoms with Crippen LogP contribution in [-0.4, -0.2) is 50.9 Å². The fraction of sp³-hybridized carbons (Fsp3) is 0.143. The number of hydrogen-bond donors (Lipinski definition) is 1. The Morgan fingerprint density at radius 3 is 2.56 bits per heavy atom. The van der Waals surface area contributed by atoms with E-state index in [1.807, 2.05) is 55.4 Å². The Balaban J connectivity index is 1.56. The number of amides is 1. The molecule has 1 N–H and O–H groups in total. The maximum atomic E-state index is 12.4. The van der Waals surface area contributed by atoms with Gasteiger partial charge in [-0.2, -0.15) is 4.68 Å². The second-order valence-electron chi connectivity index (χ2n) is 7.03. The highest BCUT2D eigenvalue weighted by Crippen LogP contribution is 2.32. The summed E-state index contributed by atoms with van der Waals surface area (Å²) < 4.78 is 1.59. The summed E-state index contributed by atoms with van der Waals surface area (Å²) in [5.41, 5.74) is 1.84. The highest BCUT2D eigenvalue weighted by Gasteiger charge is 2.18. The molecule has 4 aromatic rings. The molecule has 0 fully saturated rings. The molecule has 0 aliphatic heterocycles. The number of hydrogen-bond acceptors (Lipinski definition) is 8. The molecule has 1 heterocycles. The van der Waals surface area contributed by atoms with Crippen molar-refractivity contribution < 1.29 is 9.72 Å². The molecule has 0 radical (unpaired) electrons. The van der Waals surface area contributed by atoms with Crippen LogP contribution in [0, 0.1) is 10.1 Å². The van der Waals surface area contributed by atoms with E-state index in [0.29, 0.717) is 5.16 Å². The summed E-state index contributed by atoms with van der Waals surface area (Å²) in [6.07, 6.45) is 0. The average molecular weight is 449 g/mol. The maximum absolute atomic E-state index is 12.4. The lowest BCUT2D eigenvalue weighted by atomic mass is 10.1. The number of nitro benzene ring substituents is 1. The van der Waals surface area contributed by atoms with Gasteiger partial charge in [0.05, 0.1) is 16.4 Å². The molecular formula is C21H19N7O3S. The van der Waals surface area contributed by atoms with E-state index in [1.54, 1.807) is 16.8 Å². The largest absolute Gasteiger partial charge is 0.377 e. The smallest absolute Gasteiger partial charge is 0.292 e. The van der Waals surface area contributed by atoms with E-state index in [-0.39, 0.29) is 17.1 Å². The second kappa shape index (κ2) is 9.02. The number of aromatic nitrogens is 4. The highest BCUT2D eigenvalue weighted by molar-refractivity contribution is 7.99. The van der Waals surface area contributed by atoms with Gasteiger partial charge in [0.15, 0.2) is 0 Å². The van der Waals surface area contributed by atoms with Crippen LogP contribution in [0.3, 0.4) is 0 Å². The molecule has 11 heteroatoms. The number of anilines is 2. The average Bonchev–Trinajstić information content (AvgIpc) is 3.25. The molecule has 0 atom stereocenters. The molecule has 1 amide bonds. The zero-order valence-electron chi connectivity index (χ0n) is 17.3. The van der Waals surface area contributed by atoms with Gasteiger partial charge in [0, 0.05) is 36.6 Å². The third-order valence-corrected chi connectivity index (χ3v) is 5.66. The first-order valence-electron chi connectivity index (χ1n) is 9.59. The van der Waals surface area contributed by atoms with Crippen LogP contribution >= 0.6 is 11.8 Å². The first-order valence-corrected chi connectivity index (χ1v) is 10.6. The van der Waals surface area contributed by atoms with Crippen molar-refractivity contribution in [2.45, 2.75) is 5.16 Å². The molecule has 0 saturated carbocycles. The van der Waals surface area contributed by atoms with E-state index in [1.165, 1.54) is 12.1 Å². The molecule has 32 heavy (non-hydrogen) atoms. The van der Waals surface area contributed by atoms with Crippen molar-refractivity contribution in [1.29, 1.82) is 0 Å². The van der Waals surface area contributed by atoms with Gasteiger partial charge in [-0.15, -0.1) is 5.10 Å². The van der Waals surface area contributed by atoms with Gasteiger partial charge in [-0.05, 0) is 28.6 Å². The van der Waals surface area contributed by atoms with Crippen LogP contribution in [-0.2, 0) is 4.79 Å². The molecule has 0 aliphatic rings. The Morgan fingerprint density at radius 2 is 1.81 bits per heavy atom. The Hall–Kier alpha value is -3.99. The number of para-hydroxylation sites is 2. The van der Waals surface area contributed by atoms with Crippen LogP contribution in [0.4, 0.5) is 17.1 Å². The van der Waals surface area contributed by atoms with E-state index >= 15 is 0 Å². The van der Waals surface area contributed by atoms with Crippen LogP contribution in [0.15, 0.2) is 65.8 Å². The molecule has 0 unspecified atom stereocenters. The van der Waals surface area contributed by atoms with Gasteiger partial charge in [0.25, 0.3) is 5.69 Å². The van der Waals surface area contributed by atoms with E-state index in [0.717, 1.165) is 33.9 Å². The molecular weight excluding hydrogens is 430 g/mol. The minimum absolute atomic E-state index is 0.0138. The monoisotopic (exact) mass is 449 g/mol. The summed E-state index contributed by atoms with van der Waals surface area (Å²) in [5.74, 6) is -0.410. The SMILES string of the molecule is CN(C)c1ccc(-n2nnnc2SCC(=O)Nc2ccccc2[N+](=O)[O-])c2ccccc12. The quantitative estimate of drug-likeness (QED) is 0.259. The third kappa shape index (κ3) is 4.23. The fourth-order valence-electron chi connectivity index (χ4n) is 3.32. The minimum atomic E-state index is -0.536. The summed E-state index contributed by atoms with van der Waals surface area (Å²) in [5, 5.41) is 28.1. The van der Waals surface area contributed by atoms with Gasteiger partial charge < -0.3 is 10.2 Å². The summed E-state index contributed by atoms with van der Waals surface area (Å²) in [4.78, 5) is 25.1. The third-order valence-electron chi connectivity index (χ3n) is 4.74. The molecule has 162 valence electrons. The molecule has 1 aromatic heterocycles. The van der Waals surface area contributed by atoms with E-state index in [2.05, 4.69) is 20.8 Å². The first kappa shape index (κ1) is 21.2. The normalized spacial score (nSPS) is 10.8. The molecule has 10 nitrogen and oxygen atoms in total. The predicted octanol–water partition coefficient (Wildman–Crippen LogP) is 3.52. The molecule has 0 bridgehead atoms. The lowest BCUT2D eigenvalue weighted by molar-refractivity contribution is -0.383. The maximum Gasteiger partial charge on any atom is 0.292 e. The number of tetrazole rings is 1. The molecule has 0 spiro atoms. The van der Waals surface area contributed by atoms with Crippen molar-refractivity contribution in [2.75, 3.05) is 30.1 Å². The van der Waals surface area contributed by atoms with Crippen LogP contribution in [0.5, 0.6) is 0 Å². The lowest BCUT2D eigenvalue weighted by Crippen LogP contribution is -2.15. The number of carbonyl (C=O) groups excluding carboxylic acids is 1. The van der Waals surface area contributed by atoms with Crippen LogP contribution in [0.1, 0.15) is 0 Å². The Labute approximate surface area is 187 Å². The van der Waals surface area contributed by atoms with E-state index in [4.69, 9.17) is 0 Å². The van der Waals surface area contributed by atoms with Gasteiger partial charge in [-0.1, -0.05) is 48.2 Å². The number of nitro groups is 1. The molecule has 3 aromatic carbocycles. The summed E-state index contributed by atoms with van der Waals surface area (Å²) in [6, 6.07) is 17.9. The van der Waals surface area contributed by atoms with Gasteiger partial charge in [0.2, 0.25) is 11.1 Å². The first-order chi connectivity index (χ1) is 15.5. The number of carbonyl (C=O) groups is 1. The second-order valence-corrected chi connectivity index (χ2v) is 7.97. The van der Waals surface area contributed by atoms with Crippen molar-refractivity contribution in [3.05, 3.63) is 70.8 Å². The Kier molecular flexibility index (Phi) is 5.99. The van der Waals surface area contributed by atoms with E-state index < -0.39 is 10.8 Å². The summed E-state index contributed by atoms with van der Waals surface area (Å²) >= 11 is 1.14.